The molecule has 0 atom stereocenters. The highest BCUT2D eigenvalue weighted by molar-refractivity contribution is 5.68. The summed E-state index contributed by atoms with van der Waals surface area (Å²) >= 11 is 0. The maximum atomic E-state index is 10.4. The zero-order valence-corrected chi connectivity index (χ0v) is 10.8. The first-order valence-electron chi connectivity index (χ1n) is 6.47. The van der Waals surface area contributed by atoms with Crippen molar-refractivity contribution in [2.24, 2.45) is 0 Å². The van der Waals surface area contributed by atoms with Crippen molar-refractivity contribution < 1.29 is 19.7 Å². The molecule has 1 saturated heterocycles. The molecule has 5 heteroatoms. The van der Waals surface area contributed by atoms with Gasteiger partial charge in [0.2, 0.25) is 0 Å². The average molecular weight is 265 g/mol. The number of ether oxygens (including phenoxy) is 1. The topological polar surface area (TPSA) is 70.0 Å². The normalized spacial score (nSPS) is 17.5. The number of phenolic OH excluding ortho intramolecular Hbond substituents is 1. The van der Waals surface area contributed by atoms with Crippen LogP contribution in [-0.4, -0.2) is 46.9 Å². The summed E-state index contributed by atoms with van der Waals surface area (Å²) in [6.45, 7) is 2.37. The van der Waals surface area contributed by atoms with Crippen molar-refractivity contribution in [3.05, 3.63) is 29.8 Å². The number of phenols is 1. The summed E-state index contributed by atoms with van der Waals surface area (Å²) in [5, 5.41) is 18.0. The number of aromatic hydroxyl groups is 1. The van der Waals surface area contributed by atoms with Crippen LogP contribution in [0.4, 0.5) is 0 Å². The van der Waals surface area contributed by atoms with E-state index < -0.39 is 5.97 Å². The Morgan fingerprint density at radius 1 is 1.37 bits per heavy atom. The van der Waals surface area contributed by atoms with Crippen LogP contribution in [0, 0.1) is 0 Å². The van der Waals surface area contributed by atoms with E-state index >= 15 is 0 Å². The largest absolute Gasteiger partial charge is 0.508 e. The number of carbonyl (C=O) groups is 1. The second-order valence-corrected chi connectivity index (χ2v) is 4.85. The summed E-state index contributed by atoms with van der Waals surface area (Å²) in [5.74, 6) is -0.626. The SMILES string of the molecule is O=C(O)COC1CCN(Cc2cccc(O)c2)CC1. The number of carboxylic acids is 1. The number of piperidine rings is 1. The molecule has 5 nitrogen and oxygen atoms in total. The van der Waals surface area contributed by atoms with E-state index in [1.165, 1.54) is 0 Å². The zero-order chi connectivity index (χ0) is 13.7. The van der Waals surface area contributed by atoms with Crippen molar-refractivity contribution in [3.8, 4) is 5.75 Å². The Kier molecular flexibility index (Phi) is 4.76. The van der Waals surface area contributed by atoms with E-state index in [2.05, 4.69) is 4.90 Å². The summed E-state index contributed by atoms with van der Waals surface area (Å²) in [7, 11) is 0. The van der Waals surface area contributed by atoms with Crippen molar-refractivity contribution in [3.63, 3.8) is 0 Å². The Labute approximate surface area is 112 Å². The first-order valence-corrected chi connectivity index (χ1v) is 6.47. The van der Waals surface area contributed by atoms with E-state index in [1.807, 2.05) is 12.1 Å². The van der Waals surface area contributed by atoms with Gasteiger partial charge in [0.05, 0.1) is 6.10 Å². The Hall–Kier alpha value is -1.59. The molecule has 2 N–H and O–H groups in total. The van der Waals surface area contributed by atoms with Crippen molar-refractivity contribution in [1.82, 2.24) is 4.90 Å². The fourth-order valence-corrected chi connectivity index (χ4v) is 2.34. The van der Waals surface area contributed by atoms with Gasteiger partial charge in [0.15, 0.2) is 0 Å². The van der Waals surface area contributed by atoms with Gasteiger partial charge < -0.3 is 14.9 Å². The Morgan fingerprint density at radius 2 is 2.11 bits per heavy atom. The number of aliphatic carboxylic acids is 1. The van der Waals surface area contributed by atoms with Gasteiger partial charge in [0.1, 0.15) is 12.4 Å². The molecule has 0 aromatic heterocycles. The maximum Gasteiger partial charge on any atom is 0.329 e. The first-order chi connectivity index (χ1) is 9.13. The van der Waals surface area contributed by atoms with Crippen molar-refractivity contribution >= 4 is 5.97 Å². The molecule has 0 unspecified atom stereocenters. The van der Waals surface area contributed by atoms with Gasteiger partial charge in [-0.05, 0) is 30.5 Å². The zero-order valence-electron chi connectivity index (χ0n) is 10.8. The number of rotatable bonds is 5. The number of benzene rings is 1. The smallest absolute Gasteiger partial charge is 0.329 e. The highest BCUT2D eigenvalue weighted by Gasteiger charge is 2.20. The average Bonchev–Trinajstić information content (AvgIpc) is 2.38. The van der Waals surface area contributed by atoms with Gasteiger partial charge in [-0.15, -0.1) is 0 Å². The minimum atomic E-state index is -0.915. The fourth-order valence-electron chi connectivity index (χ4n) is 2.34. The summed E-state index contributed by atoms with van der Waals surface area (Å²) in [4.78, 5) is 12.7. The van der Waals surface area contributed by atoms with Crippen LogP contribution in [0.2, 0.25) is 0 Å². The third-order valence-corrected chi connectivity index (χ3v) is 3.29. The van der Waals surface area contributed by atoms with Crippen LogP contribution in [-0.2, 0) is 16.1 Å². The van der Waals surface area contributed by atoms with E-state index in [-0.39, 0.29) is 18.5 Å². The number of hydrogen-bond acceptors (Lipinski definition) is 4. The molecule has 1 aromatic rings. The predicted molar refractivity (Wildman–Crippen MR) is 70.0 cm³/mol. The lowest BCUT2D eigenvalue weighted by Crippen LogP contribution is -2.37. The van der Waals surface area contributed by atoms with Crippen LogP contribution in [0.5, 0.6) is 5.75 Å². The highest BCUT2D eigenvalue weighted by atomic mass is 16.5. The molecular formula is C14H19NO4. The van der Waals surface area contributed by atoms with E-state index in [0.717, 1.165) is 38.0 Å². The molecule has 0 radical (unpaired) electrons. The molecule has 1 aromatic carbocycles. The lowest BCUT2D eigenvalue weighted by Gasteiger charge is -2.31. The predicted octanol–water partition coefficient (Wildman–Crippen LogP) is 1.46. The molecule has 1 aliphatic rings. The molecule has 0 aliphatic carbocycles. The molecule has 19 heavy (non-hydrogen) atoms. The lowest BCUT2D eigenvalue weighted by atomic mass is 10.1. The quantitative estimate of drug-likeness (QED) is 0.843. The molecule has 1 fully saturated rings. The Bertz CT molecular complexity index is 427. The number of nitrogens with zero attached hydrogens (tertiary/aromatic N) is 1. The van der Waals surface area contributed by atoms with Crippen LogP contribution in [0.15, 0.2) is 24.3 Å². The van der Waals surface area contributed by atoms with E-state index in [4.69, 9.17) is 9.84 Å². The van der Waals surface area contributed by atoms with E-state index in [0.29, 0.717) is 0 Å². The molecule has 0 bridgehead atoms. The minimum absolute atomic E-state index is 0.0523. The van der Waals surface area contributed by atoms with Gasteiger partial charge in [-0.1, -0.05) is 12.1 Å². The summed E-state index contributed by atoms with van der Waals surface area (Å²) in [6, 6.07) is 7.27. The summed E-state index contributed by atoms with van der Waals surface area (Å²) in [5.41, 5.74) is 1.09. The van der Waals surface area contributed by atoms with Gasteiger partial charge >= 0.3 is 5.97 Å². The Morgan fingerprint density at radius 3 is 2.74 bits per heavy atom. The third kappa shape index (κ3) is 4.54. The molecule has 2 rings (SSSR count). The second kappa shape index (κ2) is 6.54. The van der Waals surface area contributed by atoms with Crippen molar-refractivity contribution in [1.29, 1.82) is 0 Å². The molecular weight excluding hydrogens is 246 g/mol. The number of likely N-dealkylation sites (tertiary alicyclic amines) is 1. The van der Waals surface area contributed by atoms with Crippen LogP contribution in [0.3, 0.4) is 0 Å². The van der Waals surface area contributed by atoms with E-state index in [9.17, 15) is 9.90 Å². The number of carboxylic acid groups (broad SMARTS) is 1. The van der Waals surface area contributed by atoms with Crippen LogP contribution >= 0.6 is 0 Å². The molecule has 104 valence electrons. The van der Waals surface area contributed by atoms with Crippen molar-refractivity contribution in [2.75, 3.05) is 19.7 Å². The van der Waals surface area contributed by atoms with E-state index in [1.54, 1.807) is 12.1 Å². The van der Waals surface area contributed by atoms with Crippen LogP contribution in [0.25, 0.3) is 0 Å². The van der Waals surface area contributed by atoms with Crippen LogP contribution < -0.4 is 0 Å². The minimum Gasteiger partial charge on any atom is -0.508 e. The van der Waals surface area contributed by atoms with Crippen molar-refractivity contribution in [2.45, 2.75) is 25.5 Å². The molecule has 0 spiro atoms. The van der Waals surface area contributed by atoms with Gasteiger partial charge in [-0.3, -0.25) is 4.90 Å². The fraction of sp³-hybridized carbons (Fsp3) is 0.500. The third-order valence-electron chi connectivity index (χ3n) is 3.29. The molecule has 1 heterocycles. The van der Waals surface area contributed by atoms with Gasteiger partial charge in [-0.2, -0.15) is 0 Å². The first kappa shape index (κ1) is 13.8. The van der Waals surface area contributed by atoms with Crippen LogP contribution in [0.1, 0.15) is 18.4 Å². The van der Waals surface area contributed by atoms with Gasteiger partial charge in [-0.25, -0.2) is 4.79 Å². The standard InChI is InChI=1S/C14H19NO4/c16-12-3-1-2-11(8-12)9-15-6-4-13(5-7-15)19-10-14(17)18/h1-3,8,13,16H,4-7,9-10H2,(H,17,18). The monoisotopic (exact) mass is 265 g/mol. The summed E-state index contributed by atoms with van der Waals surface area (Å²) < 4.78 is 5.30. The summed E-state index contributed by atoms with van der Waals surface area (Å²) in [6.07, 6.45) is 1.76. The van der Waals surface area contributed by atoms with Gasteiger partial charge in [0, 0.05) is 19.6 Å². The second-order valence-electron chi connectivity index (χ2n) is 4.85. The highest BCUT2D eigenvalue weighted by Crippen LogP contribution is 2.18. The van der Waals surface area contributed by atoms with Gasteiger partial charge in [0.25, 0.3) is 0 Å². The molecule has 0 saturated carbocycles. The Balaban J connectivity index is 1.75. The molecule has 0 amide bonds. The number of hydrogen-bond donors (Lipinski definition) is 2. The maximum absolute atomic E-state index is 10.4. The molecule has 1 aliphatic heterocycles. The lowest BCUT2D eigenvalue weighted by molar-refractivity contribution is -0.145.